The van der Waals surface area contributed by atoms with Crippen LogP contribution in [0, 0.1) is 0 Å². The van der Waals surface area contributed by atoms with Crippen LogP contribution in [-0.2, 0) is 14.3 Å². The van der Waals surface area contributed by atoms with Crippen molar-refractivity contribution < 1.29 is 19.1 Å². The van der Waals surface area contributed by atoms with Gasteiger partial charge in [0.1, 0.15) is 0 Å². The minimum Gasteiger partial charge on any atom is -0.452 e. The molecular formula is C23H25N3O4. The van der Waals surface area contributed by atoms with Crippen LogP contribution in [0.25, 0.3) is 0 Å². The van der Waals surface area contributed by atoms with Crippen molar-refractivity contribution in [3.63, 3.8) is 0 Å². The Balaban J connectivity index is 1.26. The normalized spacial score (nSPS) is 16.1. The Hall–Kier alpha value is -3.35. The van der Waals surface area contributed by atoms with Crippen LogP contribution in [0.5, 0.6) is 0 Å². The summed E-state index contributed by atoms with van der Waals surface area (Å²) in [7, 11) is 0. The third kappa shape index (κ3) is 4.62. The molecule has 7 heteroatoms. The first-order valence-electron chi connectivity index (χ1n) is 10.3. The van der Waals surface area contributed by atoms with E-state index in [4.69, 9.17) is 4.74 Å². The Morgan fingerprint density at radius 1 is 0.867 bits per heavy atom. The Morgan fingerprint density at radius 2 is 1.53 bits per heavy atom. The Morgan fingerprint density at radius 3 is 2.17 bits per heavy atom. The second-order valence-electron chi connectivity index (χ2n) is 7.56. The minimum absolute atomic E-state index is 0.0930. The number of ether oxygens (including phenoxy) is 1. The van der Waals surface area contributed by atoms with Crippen molar-refractivity contribution in [3.05, 3.63) is 54.1 Å². The number of rotatable bonds is 6. The number of carbonyl (C=O) groups excluding carboxylic acids is 3. The molecule has 156 valence electrons. The van der Waals surface area contributed by atoms with Crippen LogP contribution in [0.15, 0.2) is 48.5 Å². The van der Waals surface area contributed by atoms with Crippen molar-refractivity contribution in [2.45, 2.75) is 25.7 Å². The lowest BCUT2D eigenvalue weighted by Gasteiger charge is -2.17. The molecule has 2 heterocycles. The average molecular weight is 407 g/mol. The highest BCUT2D eigenvalue weighted by atomic mass is 16.5. The van der Waals surface area contributed by atoms with Crippen molar-refractivity contribution in [2.75, 3.05) is 41.4 Å². The highest BCUT2D eigenvalue weighted by Gasteiger charge is 2.22. The van der Waals surface area contributed by atoms with E-state index in [1.54, 1.807) is 29.2 Å². The maximum Gasteiger partial charge on any atom is 0.338 e. The molecule has 2 amide bonds. The lowest BCUT2D eigenvalue weighted by molar-refractivity contribution is -0.119. The minimum atomic E-state index is -0.575. The number of anilines is 3. The SMILES string of the molecule is O=C(COC(=O)c1ccc(N2CCCC2=O)cc1)Nc1ccc(N2CCCC2)cc1. The summed E-state index contributed by atoms with van der Waals surface area (Å²) in [6.07, 6.45) is 3.82. The third-order valence-corrected chi connectivity index (χ3v) is 5.44. The van der Waals surface area contributed by atoms with Crippen molar-refractivity contribution in [3.8, 4) is 0 Å². The van der Waals surface area contributed by atoms with E-state index in [1.165, 1.54) is 12.8 Å². The summed E-state index contributed by atoms with van der Waals surface area (Å²) in [5.41, 5.74) is 2.92. The smallest absolute Gasteiger partial charge is 0.338 e. The molecule has 0 aliphatic carbocycles. The van der Waals surface area contributed by atoms with Crippen LogP contribution in [0.2, 0.25) is 0 Å². The van der Waals surface area contributed by atoms with Gasteiger partial charge >= 0.3 is 5.97 Å². The lowest BCUT2D eigenvalue weighted by atomic mass is 10.2. The maximum atomic E-state index is 12.2. The molecule has 2 aromatic carbocycles. The van der Waals surface area contributed by atoms with E-state index >= 15 is 0 Å². The molecule has 0 spiro atoms. The van der Waals surface area contributed by atoms with E-state index < -0.39 is 11.9 Å². The van der Waals surface area contributed by atoms with Gasteiger partial charge in [0.25, 0.3) is 5.91 Å². The predicted octanol–water partition coefficient (Wildman–Crippen LogP) is 3.21. The van der Waals surface area contributed by atoms with Gasteiger partial charge in [-0.3, -0.25) is 9.59 Å². The zero-order valence-corrected chi connectivity index (χ0v) is 16.8. The molecule has 4 rings (SSSR count). The summed E-state index contributed by atoms with van der Waals surface area (Å²) in [4.78, 5) is 40.1. The number of nitrogens with zero attached hydrogens (tertiary/aromatic N) is 2. The summed E-state index contributed by atoms with van der Waals surface area (Å²) in [5.74, 6) is -0.874. The molecule has 0 aromatic heterocycles. The van der Waals surface area contributed by atoms with Crippen LogP contribution < -0.4 is 15.1 Å². The van der Waals surface area contributed by atoms with Crippen LogP contribution in [-0.4, -0.2) is 44.0 Å². The molecule has 2 saturated heterocycles. The number of hydrogen-bond donors (Lipinski definition) is 1. The molecule has 0 bridgehead atoms. The van der Waals surface area contributed by atoms with Crippen LogP contribution in [0.3, 0.4) is 0 Å². The van der Waals surface area contributed by atoms with Crippen LogP contribution in [0.4, 0.5) is 17.1 Å². The van der Waals surface area contributed by atoms with Gasteiger partial charge in [-0.15, -0.1) is 0 Å². The largest absolute Gasteiger partial charge is 0.452 e. The highest BCUT2D eigenvalue weighted by Crippen LogP contribution is 2.23. The third-order valence-electron chi connectivity index (χ3n) is 5.44. The average Bonchev–Trinajstić information content (AvgIpc) is 3.45. The van der Waals surface area contributed by atoms with Crippen LogP contribution in [0.1, 0.15) is 36.0 Å². The number of amides is 2. The van der Waals surface area contributed by atoms with Gasteiger partial charge in [0.2, 0.25) is 5.91 Å². The summed E-state index contributed by atoms with van der Waals surface area (Å²) in [6, 6.07) is 14.3. The summed E-state index contributed by atoms with van der Waals surface area (Å²) < 4.78 is 5.11. The number of carbonyl (C=O) groups is 3. The van der Waals surface area contributed by atoms with E-state index in [-0.39, 0.29) is 12.5 Å². The molecule has 7 nitrogen and oxygen atoms in total. The molecule has 2 fully saturated rings. The number of nitrogens with one attached hydrogen (secondary N) is 1. The summed E-state index contributed by atoms with van der Waals surface area (Å²) >= 11 is 0. The van der Waals surface area contributed by atoms with Gasteiger partial charge in [0.05, 0.1) is 5.56 Å². The molecule has 30 heavy (non-hydrogen) atoms. The topological polar surface area (TPSA) is 79.0 Å². The fourth-order valence-electron chi connectivity index (χ4n) is 3.84. The Kier molecular flexibility index (Phi) is 5.97. The van der Waals surface area contributed by atoms with Crippen molar-refractivity contribution in [2.24, 2.45) is 0 Å². The fraction of sp³-hybridized carbons (Fsp3) is 0.348. The maximum absolute atomic E-state index is 12.2. The molecule has 0 atom stereocenters. The van der Waals surface area contributed by atoms with Gasteiger partial charge in [-0.1, -0.05) is 0 Å². The van der Waals surface area contributed by atoms with E-state index in [2.05, 4.69) is 10.2 Å². The Bertz CT molecular complexity index is 918. The van der Waals surface area contributed by atoms with Gasteiger partial charge in [-0.25, -0.2) is 4.79 Å². The van der Waals surface area contributed by atoms with Gasteiger partial charge in [0, 0.05) is 43.1 Å². The van der Waals surface area contributed by atoms with Crippen molar-refractivity contribution in [1.82, 2.24) is 0 Å². The molecule has 0 radical (unpaired) electrons. The van der Waals surface area contributed by atoms with Gasteiger partial charge in [0.15, 0.2) is 6.61 Å². The van der Waals surface area contributed by atoms with Crippen molar-refractivity contribution in [1.29, 1.82) is 0 Å². The molecule has 0 saturated carbocycles. The van der Waals surface area contributed by atoms with Crippen LogP contribution >= 0.6 is 0 Å². The fourth-order valence-corrected chi connectivity index (χ4v) is 3.84. The monoisotopic (exact) mass is 407 g/mol. The quantitative estimate of drug-likeness (QED) is 0.744. The molecule has 2 aliphatic rings. The first-order valence-corrected chi connectivity index (χ1v) is 10.3. The molecule has 2 aromatic rings. The predicted molar refractivity (Wildman–Crippen MR) is 115 cm³/mol. The number of esters is 1. The molecule has 1 N–H and O–H groups in total. The van der Waals surface area contributed by atoms with E-state index in [1.807, 2.05) is 24.3 Å². The second-order valence-corrected chi connectivity index (χ2v) is 7.56. The van der Waals surface area contributed by atoms with E-state index in [9.17, 15) is 14.4 Å². The van der Waals surface area contributed by atoms with Gasteiger partial charge in [-0.05, 0) is 67.8 Å². The number of benzene rings is 2. The first kappa shape index (κ1) is 19.9. The van der Waals surface area contributed by atoms with E-state index in [0.29, 0.717) is 24.2 Å². The zero-order valence-electron chi connectivity index (χ0n) is 16.8. The summed E-state index contributed by atoms with van der Waals surface area (Å²) in [5, 5.41) is 2.74. The second kappa shape index (κ2) is 8.98. The zero-order chi connectivity index (χ0) is 20.9. The molecular weight excluding hydrogens is 382 g/mol. The Labute approximate surface area is 175 Å². The van der Waals surface area contributed by atoms with Crippen molar-refractivity contribution >= 4 is 34.8 Å². The lowest BCUT2D eigenvalue weighted by Crippen LogP contribution is -2.23. The molecule has 2 aliphatic heterocycles. The van der Waals surface area contributed by atoms with E-state index in [0.717, 1.165) is 30.9 Å². The standard InChI is InChI=1S/C23H25N3O4/c27-21(24-18-7-11-19(12-8-18)25-13-1-2-14-25)16-30-23(29)17-5-9-20(10-6-17)26-15-3-4-22(26)28/h5-12H,1-4,13-16H2,(H,24,27). The van der Waals surface area contributed by atoms with Gasteiger partial charge in [-0.2, -0.15) is 0 Å². The molecule has 0 unspecified atom stereocenters. The summed E-state index contributed by atoms with van der Waals surface area (Å²) in [6.45, 7) is 2.47. The number of hydrogen-bond acceptors (Lipinski definition) is 5. The first-order chi connectivity index (χ1) is 14.6. The highest BCUT2D eigenvalue weighted by molar-refractivity contribution is 5.97. The van der Waals surface area contributed by atoms with Gasteiger partial charge < -0.3 is 19.9 Å².